The van der Waals surface area contributed by atoms with Crippen molar-refractivity contribution in [1.29, 1.82) is 0 Å². The second kappa shape index (κ2) is 9.79. The lowest BCUT2D eigenvalue weighted by Crippen LogP contribution is -2.50. The van der Waals surface area contributed by atoms with Gasteiger partial charge in [0, 0.05) is 33.1 Å². The van der Waals surface area contributed by atoms with Crippen LogP contribution < -0.4 is 15.0 Å². The molecule has 9 nitrogen and oxygen atoms in total. The van der Waals surface area contributed by atoms with E-state index in [4.69, 9.17) is 9.72 Å². The van der Waals surface area contributed by atoms with Gasteiger partial charge in [0.15, 0.2) is 5.82 Å². The summed E-state index contributed by atoms with van der Waals surface area (Å²) in [6.45, 7) is 8.69. The number of fused-ring (bicyclic) bond motifs is 1. The molecule has 6 rings (SSSR count). The molecule has 3 aromatic rings. The van der Waals surface area contributed by atoms with Crippen LogP contribution in [0.25, 0.3) is 11.5 Å². The lowest BCUT2D eigenvalue weighted by Gasteiger charge is -2.31. The average Bonchev–Trinajstić information content (AvgIpc) is 3.56. The third-order valence-electron chi connectivity index (χ3n) is 8.48. The Morgan fingerprint density at radius 2 is 1.90 bits per heavy atom. The Morgan fingerprint density at radius 3 is 2.62 bits per heavy atom. The number of amides is 3. The van der Waals surface area contributed by atoms with Crippen molar-refractivity contribution in [3.05, 3.63) is 59.4 Å². The molecule has 0 spiro atoms. The van der Waals surface area contributed by atoms with Crippen molar-refractivity contribution < 1.29 is 14.3 Å². The Labute approximate surface area is 229 Å². The van der Waals surface area contributed by atoms with Crippen LogP contribution in [-0.2, 0) is 30.5 Å². The number of pyridine rings is 1. The maximum absolute atomic E-state index is 12.4. The van der Waals surface area contributed by atoms with Crippen molar-refractivity contribution in [2.45, 2.75) is 71.2 Å². The number of carbonyl (C=O) groups excluding carboxylic acids is 2. The monoisotopic (exact) mass is 528 g/mol. The molecule has 0 unspecified atom stereocenters. The van der Waals surface area contributed by atoms with Crippen molar-refractivity contribution in [3.8, 4) is 17.3 Å². The quantitative estimate of drug-likeness (QED) is 0.497. The topological polar surface area (TPSA) is 92.6 Å². The first-order valence-electron chi connectivity index (χ1n) is 13.8. The van der Waals surface area contributed by atoms with Crippen LogP contribution in [0.1, 0.15) is 63.3 Å². The number of hydrogen-bond donors (Lipinski definition) is 1. The maximum atomic E-state index is 12.4. The summed E-state index contributed by atoms with van der Waals surface area (Å²) in [6, 6.07) is 12.3. The smallest absolute Gasteiger partial charge is 0.329 e. The molecule has 1 aliphatic carbocycles. The molecule has 3 amide bonds. The molecule has 2 atom stereocenters. The Kier molecular flexibility index (Phi) is 6.41. The van der Waals surface area contributed by atoms with Gasteiger partial charge in [-0.3, -0.25) is 19.9 Å². The molecule has 2 aliphatic heterocycles. The number of anilines is 1. The normalized spacial score (nSPS) is 22.7. The molecule has 1 saturated heterocycles. The Balaban J connectivity index is 1.17. The molecule has 204 valence electrons. The molecule has 2 fully saturated rings. The minimum atomic E-state index is -0.424. The first-order chi connectivity index (χ1) is 18.7. The predicted octanol–water partition coefficient (Wildman–Crippen LogP) is 4.75. The Morgan fingerprint density at radius 1 is 1.10 bits per heavy atom. The van der Waals surface area contributed by atoms with E-state index in [0.717, 1.165) is 49.0 Å². The third-order valence-corrected chi connectivity index (χ3v) is 8.48. The predicted molar refractivity (Wildman–Crippen MR) is 148 cm³/mol. The molecule has 2 aromatic heterocycles. The minimum absolute atomic E-state index is 0.256. The molecule has 1 saturated carbocycles. The van der Waals surface area contributed by atoms with Crippen LogP contribution in [0.5, 0.6) is 5.75 Å². The van der Waals surface area contributed by atoms with Crippen LogP contribution in [0.15, 0.2) is 42.6 Å². The molecule has 1 aromatic carbocycles. The fourth-order valence-corrected chi connectivity index (χ4v) is 6.10. The van der Waals surface area contributed by atoms with E-state index in [1.165, 1.54) is 17.5 Å². The number of nitrogens with one attached hydrogen (secondary N) is 1. The highest BCUT2D eigenvalue weighted by Gasteiger charge is 2.39. The number of imide groups is 1. The lowest BCUT2D eigenvalue weighted by molar-refractivity contribution is -0.120. The second-order valence-electron chi connectivity index (χ2n) is 11.7. The zero-order valence-electron chi connectivity index (χ0n) is 23.1. The zero-order valence-corrected chi connectivity index (χ0v) is 23.1. The molecule has 0 radical (unpaired) electrons. The van der Waals surface area contributed by atoms with E-state index in [-0.39, 0.29) is 17.9 Å². The highest BCUT2D eigenvalue weighted by Crippen LogP contribution is 2.40. The number of carbonyl (C=O) groups is 2. The lowest BCUT2D eigenvalue weighted by atomic mass is 9.98. The summed E-state index contributed by atoms with van der Waals surface area (Å²) < 4.78 is 8.07. The number of nitrogens with zero attached hydrogens (tertiary/aromatic N) is 5. The van der Waals surface area contributed by atoms with Gasteiger partial charge in [0.1, 0.15) is 17.3 Å². The fraction of sp³-hybridized carbons (Fsp3) is 0.467. The molecule has 4 heterocycles. The molecular formula is C30H36N6O3. The van der Waals surface area contributed by atoms with Gasteiger partial charge in [0.25, 0.3) is 0 Å². The molecule has 3 aliphatic rings. The number of aromatic nitrogens is 3. The summed E-state index contributed by atoms with van der Waals surface area (Å²) >= 11 is 0. The van der Waals surface area contributed by atoms with E-state index in [2.05, 4.69) is 66.3 Å². The van der Waals surface area contributed by atoms with Gasteiger partial charge in [-0.15, -0.1) is 0 Å². The largest absolute Gasteiger partial charge is 0.490 e. The SMILES string of the molecule is C[C@H]1CC[C@@H](Oc2ccc(CN3Cc4ccc(-c5ncc(N6CCC(=O)NC6=O)n5C)nc4C3(C)C)cc2)C1. The van der Waals surface area contributed by atoms with E-state index >= 15 is 0 Å². The molecule has 39 heavy (non-hydrogen) atoms. The summed E-state index contributed by atoms with van der Waals surface area (Å²) in [7, 11) is 1.87. The van der Waals surface area contributed by atoms with Crippen LogP contribution >= 0.6 is 0 Å². The van der Waals surface area contributed by atoms with Crippen LogP contribution in [0.3, 0.4) is 0 Å². The van der Waals surface area contributed by atoms with Gasteiger partial charge in [-0.2, -0.15) is 0 Å². The maximum Gasteiger partial charge on any atom is 0.329 e. The van der Waals surface area contributed by atoms with Crippen molar-refractivity contribution in [2.75, 3.05) is 11.4 Å². The summed E-state index contributed by atoms with van der Waals surface area (Å²) in [6.07, 6.45) is 5.81. The third kappa shape index (κ3) is 4.80. The van der Waals surface area contributed by atoms with E-state index < -0.39 is 6.03 Å². The van der Waals surface area contributed by atoms with Crippen molar-refractivity contribution in [3.63, 3.8) is 0 Å². The van der Waals surface area contributed by atoms with Gasteiger partial charge >= 0.3 is 6.03 Å². The molecule has 9 heteroatoms. The van der Waals surface area contributed by atoms with Crippen LogP contribution in [0, 0.1) is 5.92 Å². The van der Waals surface area contributed by atoms with Crippen molar-refractivity contribution >= 4 is 17.8 Å². The average molecular weight is 529 g/mol. The van der Waals surface area contributed by atoms with E-state index in [1.54, 1.807) is 11.1 Å². The standard InChI is InChI=1S/C30H36N6O3/c1-19-5-9-23(15-19)39-22-10-6-20(7-11-22)17-35-18-21-8-12-24(32-27(21)30(35,2)3)28-31-16-26(34(28)4)36-14-13-25(37)33-29(36)38/h6-8,10-12,16,19,23H,5,9,13-15,17-18H2,1-4H3,(H,33,37,38)/t19-,23+/m0/s1. The first-order valence-corrected chi connectivity index (χ1v) is 13.8. The summed E-state index contributed by atoms with van der Waals surface area (Å²) in [4.78, 5) is 37.6. The summed E-state index contributed by atoms with van der Waals surface area (Å²) in [5, 5.41) is 2.37. The highest BCUT2D eigenvalue weighted by molar-refractivity contribution is 6.05. The van der Waals surface area contributed by atoms with Gasteiger partial charge in [-0.1, -0.05) is 25.1 Å². The second-order valence-corrected chi connectivity index (χ2v) is 11.7. The Hall–Kier alpha value is -3.72. The fourth-order valence-electron chi connectivity index (χ4n) is 6.10. The molecular weight excluding hydrogens is 492 g/mol. The van der Waals surface area contributed by atoms with E-state index in [9.17, 15) is 9.59 Å². The van der Waals surface area contributed by atoms with Crippen molar-refractivity contribution in [1.82, 2.24) is 24.8 Å². The molecule has 1 N–H and O–H groups in total. The number of urea groups is 1. The summed E-state index contributed by atoms with van der Waals surface area (Å²) in [5.41, 5.74) is 3.99. The van der Waals surface area contributed by atoms with Gasteiger partial charge in [-0.05, 0) is 68.4 Å². The number of rotatable bonds is 6. The summed E-state index contributed by atoms with van der Waals surface area (Å²) in [5.74, 6) is 2.77. The van der Waals surface area contributed by atoms with E-state index in [0.29, 0.717) is 24.3 Å². The van der Waals surface area contributed by atoms with Gasteiger partial charge in [-0.25, -0.2) is 14.8 Å². The highest BCUT2D eigenvalue weighted by atomic mass is 16.5. The van der Waals surface area contributed by atoms with Gasteiger partial charge in [0.05, 0.1) is 23.5 Å². The number of ether oxygens (including phenoxy) is 1. The van der Waals surface area contributed by atoms with E-state index in [1.807, 2.05) is 17.7 Å². The minimum Gasteiger partial charge on any atom is -0.490 e. The Bertz CT molecular complexity index is 1410. The van der Waals surface area contributed by atoms with Crippen LogP contribution in [0.2, 0.25) is 0 Å². The van der Waals surface area contributed by atoms with Crippen LogP contribution in [-0.4, -0.2) is 44.0 Å². The van der Waals surface area contributed by atoms with Crippen molar-refractivity contribution in [2.24, 2.45) is 13.0 Å². The van der Waals surface area contributed by atoms with Gasteiger partial charge < -0.3 is 9.30 Å². The number of benzene rings is 1. The molecule has 0 bridgehead atoms. The van der Waals surface area contributed by atoms with Crippen LogP contribution in [0.4, 0.5) is 10.6 Å². The van der Waals surface area contributed by atoms with Gasteiger partial charge in [0.2, 0.25) is 5.91 Å². The first kappa shape index (κ1) is 25.6. The zero-order chi connectivity index (χ0) is 27.3. The number of hydrogen-bond acceptors (Lipinski definition) is 6. The number of imidazole rings is 1.